The molecule has 1 heterocycles. The smallest absolute Gasteiger partial charge is 0.307 e. The number of ether oxygens (including phenoxy) is 1. The molecule has 1 amide bonds. The first-order valence-electron chi connectivity index (χ1n) is 7.28. The van der Waals surface area contributed by atoms with Crippen LogP contribution in [0.15, 0.2) is 0 Å². The summed E-state index contributed by atoms with van der Waals surface area (Å²) in [6.45, 7) is 2.38. The van der Waals surface area contributed by atoms with E-state index in [0.717, 1.165) is 12.8 Å². The van der Waals surface area contributed by atoms with Crippen LogP contribution in [0.25, 0.3) is 0 Å². The SMILES string of the molecule is CC1OCCC1(O)CNC(=O)[C@@H]1CCCC[C@@H]1C(=O)O. The second-order valence-electron chi connectivity index (χ2n) is 5.92. The average molecular weight is 285 g/mol. The lowest BCUT2D eigenvalue weighted by atomic mass is 9.78. The van der Waals surface area contributed by atoms with Crippen molar-refractivity contribution < 1.29 is 24.5 Å². The molecule has 0 spiro atoms. The van der Waals surface area contributed by atoms with Gasteiger partial charge in [0.2, 0.25) is 5.91 Å². The monoisotopic (exact) mass is 285 g/mol. The van der Waals surface area contributed by atoms with E-state index < -0.39 is 23.4 Å². The van der Waals surface area contributed by atoms with Crippen molar-refractivity contribution in [2.45, 2.75) is 50.7 Å². The van der Waals surface area contributed by atoms with E-state index >= 15 is 0 Å². The van der Waals surface area contributed by atoms with E-state index in [9.17, 15) is 19.8 Å². The van der Waals surface area contributed by atoms with E-state index in [1.165, 1.54) is 0 Å². The molecule has 2 fully saturated rings. The summed E-state index contributed by atoms with van der Waals surface area (Å²) in [5.74, 6) is -2.25. The van der Waals surface area contributed by atoms with Crippen molar-refractivity contribution in [2.75, 3.05) is 13.2 Å². The van der Waals surface area contributed by atoms with Crippen LogP contribution in [-0.2, 0) is 14.3 Å². The van der Waals surface area contributed by atoms with E-state index in [1.807, 2.05) is 0 Å². The summed E-state index contributed by atoms with van der Waals surface area (Å²) in [5.41, 5.74) is -1.04. The minimum Gasteiger partial charge on any atom is -0.481 e. The van der Waals surface area contributed by atoms with E-state index in [2.05, 4.69) is 5.32 Å². The van der Waals surface area contributed by atoms with Crippen LogP contribution in [-0.4, -0.2) is 46.9 Å². The number of carboxylic acids is 1. The normalized spacial score (nSPS) is 37.6. The number of carbonyl (C=O) groups excluding carboxylic acids is 1. The molecule has 3 N–H and O–H groups in total. The fourth-order valence-corrected chi connectivity index (χ4v) is 3.11. The van der Waals surface area contributed by atoms with Crippen LogP contribution in [0.2, 0.25) is 0 Å². The molecule has 2 unspecified atom stereocenters. The van der Waals surface area contributed by atoms with E-state index in [-0.39, 0.29) is 18.6 Å². The summed E-state index contributed by atoms with van der Waals surface area (Å²) < 4.78 is 5.31. The lowest BCUT2D eigenvalue weighted by molar-refractivity contribution is -0.149. The van der Waals surface area contributed by atoms with Gasteiger partial charge in [-0.15, -0.1) is 0 Å². The van der Waals surface area contributed by atoms with Crippen molar-refractivity contribution >= 4 is 11.9 Å². The van der Waals surface area contributed by atoms with Crippen molar-refractivity contribution in [1.82, 2.24) is 5.32 Å². The number of hydrogen-bond donors (Lipinski definition) is 3. The Bertz CT molecular complexity index is 386. The number of rotatable bonds is 4. The number of amides is 1. The molecule has 1 saturated heterocycles. The molecule has 0 aromatic carbocycles. The molecule has 6 heteroatoms. The molecule has 1 aliphatic heterocycles. The molecule has 1 saturated carbocycles. The number of aliphatic carboxylic acids is 1. The second-order valence-corrected chi connectivity index (χ2v) is 5.92. The molecule has 4 atom stereocenters. The van der Waals surface area contributed by atoms with E-state index in [0.29, 0.717) is 25.9 Å². The Labute approximate surface area is 118 Å². The zero-order valence-corrected chi connectivity index (χ0v) is 11.8. The van der Waals surface area contributed by atoms with Gasteiger partial charge in [-0.1, -0.05) is 12.8 Å². The summed E-state index contributed by atoms with van der Waals surface area (Å²) in [7, 11) is 0. The Morgan fingerprint density at radius 1 is 1.30 bits per heavy atom. The van der Waals surface area contributed by atoms with Gasteiger partial charge in [0.05, 0.1) is 17.9 Å². The van der Waals surface area contributed by atoms with Crippen molar-refractivity contribution in [2.24, 2.45) is 11.8 Å². The van der Waals surface area contributed by atoms with Crippen molar-refractivity contribution in [3.05, 3.63) is 0 Å². The van der Waals surface area contributed by atoms with Crippen molar-refractivity contribution in [1.29, 1.82) is 0 Å². The quantitative estimate of drug-likeness (QED) is 0.700. The first-order valence-corrected chi connectivity index (χ1v) is 7.28. The Balaban J connectivity index is 1.92. The molecule has 6 nitrogen and oxygen atoms in total. The van der Waals surface area contributed by atoms with Crippen LogP contribution >= 0.6 is 0 Å². The van der Waals surface area contributed by atoms with Gasteiger partial charge in [-0.2, -0.15) is 0 Å². The zero-order valence-electron chi connectivity index (χ0n) is 11.8. The molecular weight excluding hydrogens is 262 g/mol. The maximum atomic E-state index is 12.2. The summed E-state index contributed by atoms with van der Waals surface area (Å²) in [6.07, 6.45) is 3.07. The van der Waals surface area contributed by atoms with Crippen LogP contribution in [0.4, 0.5) is 0 Å². The fraction of sp³-hybridized carbons (Fsp3) is 0.857. The highest BCUT2D eigenvalue weighted by molar-refractivity contribution is 5.84. The van der Waals surface area contributed by atoms with Gasteiger partial charge >= 0.3 is 5.97 Å². The lowest BCUT2D eigenvalue weighted by Crippen LogP contribution is -2.50. The number of nitrogens with one attached hydrogen (secondary N) is 1. The van der Waals surface area contributed by atoms with Gasteiger partial charge in [0.15, 0.2) is 0 Å². The Kier molecular flexibility index (Phi) is 4.65. The van der Waals surface area contributed by atoms with E-state index in [1.54, 1.807) is 6.92 Å². The van der Waals surface area contributed by atoms with Crippen LogP contribution < -0.4 is 5.32 Å². The fourth-order valence-electron chi connectivity index (χ4n) is 3.11. The third kappa shape index (κ3) is 3.12. The van der Waals surface area contributed by atoms with Crippen LogP contribution in [0.3, 0.4) is 0 Å². The van der Waals surface area contributed by atoms with E-state index in [4.69, 9.17) is 4.74 Å². The minimum atomic E-state index is -1.04. The number of carbonyl (C=O) groups is 2. The molecule has 0 radical (unpaired) electrons. The summed E-state index contributed by atoms with van der Waals surface area (Å²) in [4.78, 5) is 23.4. The van der Waals surface area contributed by atoms with Crippen LogP contribution in [0.1, 0.15) is 39.0 Å². The number of hydrogen-bond acceptors (Lipinski definition) is 4. The molecular formula is C14H23NO5. The van der Waals surface area contributed by atoms with Crippen molar-refractivity contribution in [3.8, 4) is 0 Å². The minimum absolute atomic E-state index is 0.121. The highest BCUT2D eigenvalue weighted by Gasteiger charge is 2.41. The van der Waals surface area contributed by atoms with Gasteiger partial charge in [-0.25, -0.2) is 0 Å². The Morgan fingerprint density at radius 2 is 1.95 bits per heavy atom. The molecule has 0 aromatic rings. The zero-order chi connectivity index (χ0) is 14.8. The third-order valence-corrected chi connectivity index (χ3v) is 4.65. The van der Waals surface area contributed by atoms with Crippen LogP contribution in [0.5, 0.6) is 0 Å². The molecule has 0 bridgehead atoms. The highest BCUT2D eigenvalue weighted by Crippen LogP contribution is 2.31. The molecule has 1 aliphatic carbocycles. The van der Waals surface area contributed by atoms with Gasteiger partial charge < -0.3 is 20.3 Å². The predicted molar refractivity (Wildman–Crippen MR) is 71.1 cm³/mol. The largest absolute Gasteiger partial charge is 0.481 e. The highest BCUT2D eigenvalue weighted by atomic mass is 16.5. The standard InChI is InChI=1S/C14H23NO5/c1-9-14(19,6-7-20-9)8-15-12(16)10-4-2-3-5-11(10)13(17)18/h9-11,19H,2-8H2,1H3,(H,15,16)(H,17,18)/t9?,10-,11+,14?/m1/s1. The van der Waals surface area contributed by atoms with Gasteiger partial charge in [0.25, 0.3) is 0 Å². The van der Waals surface area contributed by atoms with Crippen molar-refractivity contribution in [3.63, 3.8) is 0 Å². The molecule has 2 rings (SSSR count). The first kappa shape index (κ1) is 15.3. The molecule has 20 heavy (non-hydrogen) atoms. The Morgan fingerprint density at radius 3 is 2.50 bits per heavy atom. The molecule has 114 valence electrons. The average Bonchev–Trinajstić information content (AvgIpc) is 2.76. The maximum absolute atomic E-state index is 12.2. The second kappa shape index (κ2) is 6.10. The molecule has 0 aromatic heterocycles. The van der Waals surface area contributed by atoms with Gasteiger partial charge in [-0.3, -0.25) is 9.59 Å². The Hall–Kier alpha value is -1.14. The maximum Gasteiger partial charge on any atom is 0.307 e. The van der Waals surface area contributed by atoms with Gasteiger partial charge in [-0.05, 0) is 19.8 Å². The first-order chi connectivity index (χ1) is 9.44. The topological polar surface area (TPSA) is 95.9 Å². The summed E-state index contributed by atoms with van der Waals surface area (Å²) in [5, 5.41) is 22.2. The third-order valence-electron chi connectivity index (χ3n) is 4.65. The van der Waals surface area contributed by atoms with Gasteiger partial charge in [0, 0.05) is 19.6 Å². The predicted octanol–water partition coefficient (Wildman–Crippen LogP) is 0.533. The summed E-state index contributed by atoms with van der Waals surface area (Å²) in [6, 6.07) is 0. The van der Waals surface area contributed by atoms with Crippen LogP contribution in [0, 0.1) is 11.8 Å². The number of aliphatic hydroxyl groups is 1. The lowest BCUT2D eigenvalue weighted by Gasteiger charge is -2.30. The number of carboxylic acid groups (broad SMARTS) is 1. The molecule has 2 aliphatic rings. The summed E-state index contributed by atoms with van der Waals surface area (Å²) >= 11 is 0. The van der Waals surface area contributed by atoms with Gasteiger partial charge in [0.1, 0.15) is 5.60 Å².